The number of nitriles is 1. The summed E-state index contributed by atoms with van der Waals surface area (Å²) >= 11 is 0. The summed E-state index contributed by atoms with van der Waals surface area (Å²) in [5.41, 5.74) is 8.49. The Morgan fingerprint density at radius 1 is 1.24 bits per heavy atom. The molecule has 1 heterocycles. The van der Waals surface area contributed by atoms with Gasteiger partial charge in [0, 0.05) is 5.56 Å². The van der Waals surface area contributed by atoms with Crippen LogP contribution in [0.2, 0.25) is 0 Å². The van der Waals surface area contributed by atoms with Crippen LogP contribution in [-0.4, -0.2) is 29.2 Å². The second-order valence-corrected chi connectivity index (χ2v) is 7.15. The minimum Gasteiger partial charge on any atom is -0.398 e. The Kier molecular flexibility index (Phi) is 5.40. The van der Waals surface area contributed by atoms with Crippen molar-refractivity contribution in [1.82, 2.24) is 9.97 Å². The minimum absolute atomic E-state index is 0.00614. The van der Waals surface area contributed by atoms with Gasteiger partial charge < -0.3 is 5.73 Å². The number of hydrazone groups is 1. The molecule has 146 valence electrons. The maximum Gasteiger partial charge on any atom is 0.296 e. The quantitative estimate of drug-likeness (QED) is 0.212. The van der Waals surface area contributed by atoms with E-state index in [2.05, 4.69) is 20.5 Å². The highest BCUT2D eigenvalue weighted by atomic mass is 32.2. The Morgan fingerprint density at radius 2 is 1.97 bits per heavy atom. The number of nitrogens with zero attached hydrogens (tertiary/aromatic N) is 3. The predicted molar refractivity (Wildman–Crippen MR) is 107 cm³/mol. The highest BCUT2D eigenvalue weighted by Gasteiger charge is 2.14. The smallest absolute Gasteiger partial charge is 0.296 e. The Hall–Kier alpha value is -4.01. The van der Waals surface area contributed by atoms with E-state index in [1.54, 1.807) is 30.3 Å². The molecule has 0 aliphatic heterocycles. The molecule has 5 N–H and O–H groups in total. The summed E-state index contributed by atoms with van der Waals surface area (Å²) in [4.78, 5) is 18.4. The predicted octanol–water partition coefficient (Wildman–Crippen LogP) is 1.58. The molecule has 0 saturated carbocycles. The van der Waals surface area contributed by atoms with E-state index >= 15 is 0 Å². The van der Waals surface area contributed by atoms with Crippen LogP contribution >= 0.6 is 0 Å². The van der Waals surface area contributed by atoms with Crippen LogP contribution in [0, 0.1) is 11.3 Å². The molecule has 3 rings (SSSR count). The molecule has 0 saturated heterocycles. The molecular weight excluding hydrogens is 396 g/mol. The normalized spacial score (nSPS) is 11.3. The van der Waals surface area contributed by atoms with Crippen molar-refractivity contribution in [3.63, 3.8) is 0 Å². The standard InChI is InChI=1S/C18H14N6O4S/c19-9-13-16(12-4-2-1-3-5-12)22-18(23-17(13)25)24-21-10-11-6-7-15(14(20)8-11)29(26,27)28/h1-8,10H,20H2,(H,26,27,28)(H2,22,23,24,25). The van der Waals surface area contributed by atoms with E-state index in [4.69, 9.17) is 10.3 Å². The monoisotopic (exact) mass is 410 g/mol. The SMILES string of the molecule is N#Cc1c(-c2ccccc2)nc(NN=Cc2ccc(S(=O)(=O)O)c(N)c2)[nH]c1=O. The molecule has 0 aliphatic carbocycles. The molecule has 3 aromatic rings. The summed E-state index contributed by atoms with van der Waals surface area (Å²) in [7, 11) is -4.42. The van der Waals surface area contributed by atoms with Crippen LogP contribution in [0.25, 0.3) is 11.3 Å². The molecule has 0 unspecified atom stereocenters. The molecule has 0 amide bonds. The van der Waals surface area contributed by atoms with Crippen molar-refractivity contribution in [3.05, 3.63) is 70.0 Å². The number of hydrogen-bond donors (Lipinski definition) is 4. The first kappa shape index (κ1) is 19.7. The fourth-order valence-corrected chi connectivity index (χ4v) is 3.08. The van der Waals surface area contributed by atoms with Gasteiger partial charge in [-0.1, -0.05) is 36.4 Å². The number of anilines is 2. The average molecular weight is 410 g/mol. The number of H-pyrrole nitrogens is 1. The Bertz CT molecular complexity index is 1290. The second-order valence-electron chi connectivity index (χ2n) is 5.76. The third-order valence-electron chi connectivity index (χ3n) is 3.77. The van der Waals surface area contributed by atoms with Gasteiger partial charge in [-0.25, -0.2) is 10.4 Å². The first-order valence-corrected chi connectivity index (χ1v) is 9.49. The van der Waals surface area contributed by atoms with Gasteiger partial charge in [-0.15, -0.1) is 0 Å². The molecule has 0 spiro atoms. The molecule has 0 fully saturated rings. The van der Waals surface area contributed by atoms with Gasteiger partial charge in [-0.3, -0.25) is 14.3 Å². The third kappa shape index (κ3) is 4.46. The first-order valence-electron chi connectivity index (χ1n) is 8.05. The summed E-state index contributed by atoms with van der Waals surface area (Å²) in [6, 6.07) is 14.4. The van der Waals surface area contributed by atoms with Gasteiger partial charge in [0.15, 0.2) is 0 Å². The molecule has 29 heavy (non-hydrogen) atoms. The largest absolute Gasteiger partial charge is 0.398 e. The van der Waals surface area contributed by atoms with E-state index in [1.165, 1.54) is 18.3 Å². The molecule has 1 aromatic heterocycles. The molecule has 0 radical (unpaired) electrons. The number of rotatable bonds is 5. The molecule has 0 bridgehead atoms. The van der Waals surface area contributed by atoms with Crippen molar-refractivity contribution in [1.29, 1.82) is 5.26 Å². The van der Waals surface area contributed by atoms with E-state index in [-0.39, 0.29) is 22.9 Å². The maximum atomic E-state index is 12.2. The summed E-state index contributed by atoms with van der Waals surface area (Å²) < 4.78 is 31.4. The second kappa shape index (κ2) is 7.93. The van der Waals surface area contributed by atoms with Gasteiger partial charge in [-0.2, -0.15) is 18.8 Å². The van der Waals surface area contributed by atoms with E-state index < -0.39 is 20.6 Å². The molecule has 0 atom stereocenters. The molecular formula is C18H14N6O4S. The van der Waals surface area contributed by atoms with Crippen molar-refractivity contribution >= 4 is 28.0 Å². The lowest BCUT2D eigenvalue weighted by Gasteiger charge is -2.06. The lowest BCUT2D eigenvalue weighted by molar-refractivity contribution is 0.483. The van der Waals surface area contributed by atoms with Crippen molar-refractivity contribution in [2.45, 2.75) is 4.90 Å². The van der Waals surface area contributed by atoms with Crippen LogP contribution in [0.4, 0.5) is 11.6 Å². The number of nitrogens with two attached hydrogens (primary N) is 1. The molecule has 0 aliphatic rings. The van der Waals surface area contributed by atoms with Gasteiger partial charge >= 0.3 is 0 Å². The lowest BCUT2D eigenvalue weighted by atomic mass is 10.1. The molecule has 11 heteroatoms. The fourth-order valence-electron chi connectivity index (χ4n) is 2.48. The number of benzene rings is 2. The number of hydrogen-bond acceptors (Lipinski definition) is 8. The van der Waals surface area contributed by atoms with E-state index in [1.807, 2.05) is 6.07 Å². The van der Waals surface area contributed by atoms with Crippen LogP contribution in [0.5, 0.6) is 0 Å². The fraction of sp³-hybridized carbons (Fsp3) is 0. The van der Waals surface area contributed by atoms with Crippen LogP contribution in [0.1, 0.15) is 11.1 Å². The first-order chi connectivity index (χ1) is 13.8. The molecule has 2 aromatic carbocycles. The molecule has 10 nitrogen and oxygen atoms in total. The lowest BCUT2D eigenvalue weighted by Crippen LogP contribution is -2.16. The van der Waals surface area contributed by atoms with Crippen molar-refractivity contribution < 1.29 is 13.0 Å². The van der Waals surface area contributed by atoms with Gasteiger partial charge in [0.2, 0.25) is 5.95 Å². The zero-order valence-electron chi connectivity index (χ0n) is 14.7. The van der Waals surface area contributed by atoms with Crippen LogP contribution in [-0.2, 0) is 10.1 Å². The van der Waals surface area contributed by atoms with E-state index in [0.29, 0.717) is 11.1 Å². The highest BCUT2D eigenvalue weighted by Crippen LogP contribution is 2.20. The average Bonchev–Trinajstić information content (AvgIpc) is 2.67. The zero-order chi connectivity index (χ0) is 21.0. The van der Waals surface area contributed by atoms with Gasteiger partial charge in [0.25, 0.3) is 15.7 Å². The Labute approximate surface area is 165 Å². The van der Waals surface area contributed by atoms with Crippen LogP contribution < -0.4 is 16.7 Å². The Balaban J connectivity index is 1.88. The maximum absolute atomic E-state index is 12.2. The van der Waals surface area contributed by atoms with E-state index in [0.717, 1.165) is 6.07 Å². The number of nitrogens with one attached hydrogen (secondary N) is 2. The van der Waals surface area contributed by atoms with Gasteiger partial charge in [0.05, 0.1) is 17.6 Å². The summed E-state index contributed by atoms with van der Waals surface area (Å²) in [5.74, 6) is 0.00614. The summed E-state index contributed by atoms with van der Waals surface area (Å²) in [5, 5.41) is 13.2. The van der Waals surface area contributed by atoms with Crippen LogP contribution in [0.15, 0.2) is 63.3 Å². The van der Waals surface area contributed by atoms with Crippen molar-refractivity contribution in [3.8, 4) is 17.3 Å². The summed E-state index contributed by atoms with van der Waals surface area (Å²) in [6.07, 6.45) is 1.31. The minimum atomic E-state index is -4.42. The summed E-state index contributed by atoms with van der Waals surface area (Å²) in [6.45, 7) is 0. The zero-order valence-corrected chi connectivity index (χ0v) is 15.5. The highest BCUT2D eigenvalue weighted by molar-refractivity contribution is 7.86. The number of aromatic nitrogens is 2. The van der Waals surface area contributed by atoms with Crippen molar-refractivity contribution in [2.75, 3.05) is 11.2 Å². The van der Waals surface area contributed by atoms with Gasteiger partial charge in [-0.05, 0) is 17.7 Å². The number of nitrogen functional groups attached to an aromatic ring is 1. The Morgan fingerprint density at radius 3 is 2.59 bits per heavy atom. The van der Waals surface area contributed by atoms with Crippen molar-refractivity contribution in [2.24, 2.45) is 5.10 Å². The van der Waals surface area contributed by atoms with Crippen LogP contribution in [0.3, 0.4) is 0 Å². The topological polar surface area (TPSA) is 174 Å². The number of aromatic amines is 1. The van der Waals surface area contributed by atoms with E-state index in [9.17, 15) is 18.5 Å². The third-order valence-corrected chi connectivity index (χ3v) is 4.70. The van der Waals surface area contributed by atoms with Gasteiger partial charge in [0.1, 0.15) is 16.5 Å².